The Balaban J connectivity index is 0.694. The molecule has 63 heavy (non-hydrogen) atoms. The number of aromatic hydroxyl groups is 1. The number of nitrogens with zero attached hydrogens (tertiary/aromatic N) is 8. The number of hydrogen-bond acceptors (Lipinski definition) is 13. The summed E-state index contributed by atoms with van der Waals surface area (Å²) in [6.45, 7) is 7.81. The Bertz CT molecular complexity index is 2490. The van der Waals surface area contributed by atoms with E-state index in [1.54, 1.807) is 24.3 Å². The molecule has 0 radical (unpaired) electrons. The molecule has 6 aliphatic rings. The number of piperidine rings is 2. The smallest absolute Gasteiger partial charge is 0.262 e. The number of hydrogen-bond donors (Lipinski definition) is 3. The Morgan fingerprint density at radius 3 is 2.30 bits per heavy atom. The van der Waals surface area contributed by atoms with E-state index in [4.69, 9.17) is 5.73 Å². The zero-order valence-electron chi connectivity index (χ0n) is 35.2. The van der Waals surface area contributed by atoms with Gasteiger partial charge in [-0.05, 0) is 92.1 Å². The van der Waals surface area contributed by atoms with Gasteiger partial charge >= 0.3 is 0 Å². The molecule has 10 rings (SSSR count). The van der Waals surface area contributed by atoms with Crippen molar-refractivity contribution in [1.29, 1.82) is 0 Å². The molecule has 1 atom stereocenters. The Kier molecular flexibility index (Phi) is 10.5. The first-order valence-electron chi connectivity index (χ1n) is 22.2. The second-order valence-corrected chi connectivity index (χ2v) is 18.0. The highest BCUT2D eigenvalue weighted by atomic mass is 16.3. The minimum atomic E-state index is -0.992. The highest BCUT2D eigenvalue weighted by molar-refractivity contribution is 6.23. The number of carbonyl (C=O) groups is 5. The van der Waals surface area contributed by atoms with Crippen molar-refractivity contribution < 1.29 is 29.1 Å². The monoisotopic (exact) mass is 852 g/mol. The predicted octanol–water partition coefficient (Wildman–Crippen LogP) is 3.64. The molecule has 1 aromatic heterocycles. The van der Waals surface area contributed by atoms with Gasteiger partial charge in [-0.25, -0.2) is 0 Å². The van der Waals surface area contributed by atoms with Gasteiger partial charge in [0.15, 0.2) is 5.82 Å². The number of benzene rings is 3. The number of carbonyl (C=O) groups excluding carboxylic acids is 5. The molecular formula is C47H52N10O6. The number of amides is 5. The number of fused-ring (bicyclic) bond motifs is 1. The van der Waals surface area contributed by atoms with E-state index in [9.17, 15) is 29.1 Å². The highest BCUT2D eigenvalue weighted by Crippen LogP contribution is 2.48. The van der Waals surface area contributed by atoms with Gasteiger partial charge in [-0.1, -0.05) is 24.3 Å². The number of anilines is 4. The average molecular weight is 853 g/mol. The van der Waals surface area contributed by atoms with Crippen molar-refractivity contribution >= 4 is 52.4 Å². The van der Waals surface area contributed by atoms with E-state index in [2.05, 4.69) is 59.4 Å². The van der Waals surface area contributed by atoms with Gasteiger partial charge in [-0.3, -0.25) is 39.1 Å². The lowest BCUT2D eigenvalue weighted by Gasteiger charge is -2.45. The third kappa shape index (κ3) is 7.81. The van der Waals surface area contributed by atoms with E-state index in [-0.39, 0.29) is 47.1 Å². The van der Waals surface area contributed by atoms with Crippen molar-refractivity contribution in [3.05, 3.63) is 89.5 Å². The van der Waals surface area contributed by atoms with Gasteiger partial charge in [0.1, 0.15) is 11.8 Å². The number of phenols is 1. The summed E-state index contributed by atoms with van der Waals surface area (Å²) in [5, 5.41) is 21.2. The van der Waals surface area contributed by atoms with Gasteiger partial charge in [-0.2, -0.15) is 0 Å². The number of imide groups is 2. The van der Waals surface area contributed by atoms with Crippen molar-refractivity contribution in [3.8, 4) is 17.0 Å². The number of phenolic OH excluding ortho intramolecular Hbond substituents is 1. The summed E-state index contributed by atoms with van der Waals surface area (Å²) < 4.78 is 0. The van der Waals surface area contributed by atoms with E-state index >= 15 is 0 Å². The van der Waals surface area contributed by atoms with E-state index in [1.807, 2.05) is 29.2 Å². The van der Waals surface area contributed by atoms with Crippen LogP contribution in [0.2, 0.25) is 0 Å². The molecule has 5 amide bonds. The van der Waals surface area contributed by atoms with Gasteiger partial charge in [-0.15, -0.1) is 10.2 Å². The number of nitrogen functional groups attached to an aromatic ring is 1. The fourth-order valence-corrected chi connectivity index (χ4v) is 10.3. The Hall–Kier alpha value is -6.55. The van der Waals surface area contributed by atoms with Crippen LogP contribution in [0.3, 0.4) is 0 Å². The van der Waals surface area contributed by atoms with Crippen molar-refractivity contribution in [3.63, 3.8) is 0 Å². The highest BCUT2D eigenvalue weighted by Gasteiger charge is 2.52. The standard InChI is InChI=1S/C47H52N10O6/c48-43-39(27-37(50-51-43)35-6-1-2-7-40(35)58)55-22-23-56(47(29-55)14-15-47)33-5-3-4-31(24-33)28-52-18-20-54(21-19-52)42(60)25-30-12-16-53(17-13-30)32-8-9-34-36(26-32)46(63)57(45(34)62)38-10-11-41(59)49-44(38)61/h1-9,24,26-27,30,38,58H,10-23,25,28-29H2,(H2,48,51)(H,49,59,61). The zero-order valence-corrected chi connectivity index (χ0v) is 35.2. The summed E-state index contributed by atoms with van der Waals surface area (Å²) in [5.41, 5.74) is 12.4. The van der Waals surface area contributed by atoms with Crippen LogP contribution in [0.4, 0.5) is 22.9 Å². The maximum absolute atomic E-state index is 13.5. The second-order valence-electron chi connectivity index (χ2n) is 18.0. The van der Waals surface area contributed by atoms with Crippen LogP contribution in [0.1, 0.15) is 71.2 Å². The molecule has 1 saturated carbocycles. The lowest BCUT2D eigenvalue weighted by molar-refractivity contribution is -0.136. The van der Waals surface area contributed by atoms with Crippen molar-refractivity contribution in [2.75, 3.05) is 79.3 Å². The van der Waals surface area contributed by atoms with Gasteiger partial charge in [0.05, 0.1) is 28.0 Å². The summed E-state index contributed by atoms with van der Waals surface area (Å²) in [5.74, 6) is -1.01. The maximum Gasteiger partial charge on any atom is 0.262 e. The summed E-state index contributed by atoms with van der Waals surface area (Å²) in [4.78, 5) is 76.7. The van der Waals surface area contributed by atoms with Crippen LogP contribution in [-0.2, 0) is 20.9 Å². The van der Waals surface area contributed by atoms with Crippen molar-refractivity contribution in [2.45, 2.75) is 63.1 Å². The minimum absolute atomic E-state index is 0.0251. The second kappa shape index (κ2) is 16.3. The van der Waals surface area contributed by atoms with Crippen LogP contribution in [0, 0.1) is 5.92 Å². The van der Waals surface area contributed by atoms with Gasteiger partial charge < -0.3 is 30.4 Å². The Morgan fingerprint density at radius 1 is 0.762 bits per heavy atom. The van der Waals surface area contributed by atoms with E-state index in [0.717, 1.165) is 94.3 Å². The van der Waals surface area contributed by atoms with E-state index in [0.29, 0.717) is 36.6 Å². The Labute approximate surface area is 365 Å². The molecule has 5 aliphatic heterocycles. The molecule has 0 bridgehead atoms. The first kappa shape index (κ1) is 40.5. The fraction of sp³-hybridized carbons (Fsp3) is 0.426. The summed E-state index contributed by atoms with van der Waals surface area (Å²) in [6, 6.07) is 22.2. The molecule has 326 valence electrons. The summed E-state index contributed by atoms with van der Waals surface area (Å²) >= 11 is 0. The number of rotatable bonds is 9. The van der Waals surface area contributed by atoms with E-state index in [1.165, 1.54) is 11.3 Å². The third-order valence-corrected chi connectivity index (χ3v) is 14.0. The quantitative estimate of drug-likeness (QED) is 0.207. The number of para-hydroxylation sites is 1. The number of aromatic nitrogens is 2. The number of nitrogens with one attached hydrogen (secondary N) is 1. The minimum Gasteiger partial charge on any atom is -0.507 e. The van der Waals surface area contributed by atoms with Crippen LogP contribution in [0.15, 0.2) is 72.8 Å². The topological polar surface area (TPSA) is 189 Å². The fourth-order valence-electron chi connectivity index (χ4n) is 10.3. The Morgan fingerprint density at radius 2 is 1.54 bits per heavy atom. The van der Waals surface area contributed by atoms with Gasteiger partial charge in [0, 0.05) is 95.2 Å². The molecule has 4 aromatic rings. The van der Waals surface area contributed by atoms with Crippen molar-refractivity contribution in [1.82, 2.24) is 30.2 Å². The van der Waals surface area contributed by atoms with Crippen LogP contribution in [-0.4, -0.2) is 130 Å². The molecule has 4 N–H and O–H groups in total. The number of piperazine rings is 2. The lowest BCUT2D eigenvalue weighted by atomic mass is 9.92. The largest absolute Gasteiger partial charge is 0.507 e. The molecule has 1 unspecified atom stereocenters. The van der Waals surface area contributed by atoms with Crippen LogP contribution in [0.5, 0.6) is 5.75 Å². The third-order valence-electron chi connectivity index (χ3n) is 14.0. The summed E-state index contributed by atoms with van der Waals surface area (Å²) in [7, 11) is 0. The van der Waals surface area contributed by atoms with E-state index < -0.39 is 29.7 Å². The van der Waals surface area contributed by atoms with Gasteiger partial charge in [0.2, 0.25) is 17.7 Å². The average Bonchev–Trinajstić information content (AvgIpc) is 4.01. The lowest BCUT2D eigenvalue weighted by Crippen LogP contribution is -2.55. The molecule has 1 spiro atoms. The summed E-state index contributed by atoms with van der Waals surface area (Å²) in [6.07, 6.45) is 4.61. The zero-order chi connectivity index (χ0) is 43.4. The normalized spacial score (nSPS) is 21.6. The number of nitrogens with two attached hydrogens (primary N) is 1. The SMILES string of the molecule is Nc1nnc(-c2ccccc2O)cc1N1CCN(c2cccc(CN3CCN(C(=O)CC4CCN(c5ccc6c(c5)C(=O)N(C5CCC(=O)NC5=O)C6=O)CC4)CC3)c2)C2(CC2)C1. The molecule has 5 fully saturated rings. The molecule has 4 saturated heterocycles. The predicted molar refractivity (Wildman–Crippen MR) is 236 cm³/mol. The van der Waals surface area contributed by atoms with Crippen LogP contribution < -0.4 is 25.8 Å². The molecule has 16 nitrogen and oxygen atoms in total. The first-order valence-corrected chi connectivity index (χ1v) is 22.2. The first-order chi connectivity index (χ1) is 30.5. The molecule has 6 heterocycles. The molecular weight excluding hydrogens is 801 g/mol. The molecule has 1 aliphatic carbocycles. The van der Waals surface area contributed by atoms with Gasteiger partial charge in [0.25, 0.3) is 11.8 Å². The van der Waals surface area contributed by atoms with Crippen LogP contribution in [0.25, 0.3) is 11.3 Å². The maximum atomic E-state index is 13.5. The van der Waals surface area contributed by atoms with Crippen molar-refractivity contribution in [2.24, 2.45) is 5.92 Å². The molecule has 3 aromatic carbocycles. The van der Waals surface area contributed by atoms with Crippen LogP contribution >= 0.6 is 0 Å². The molecule has 16 heteroatoms.